The Hall–Kier alpha value is -1.30. The molecule has 1 amide bonds. The van der Waals surface area contributed by atoms with E-state index in [1.165, 1.54) is 0 Å². The zero-order valence-electron chi connectivity index (χ0n) is 12.4. The summed E-state index contributed by atoms with van der Waals surface area (Å²) < 4.78 is 10.3. The molecule has 19 heavy (non-hydrogen) atoms. The number of carbonyl (C=O) groups excluding carboxylic acids is 1. The van der Waals surface area contributed by atoms with Crippen molar-refractivity contribution in [3.63, 3.8) is 0 Å². The van der Waals surface area contributed by atoms with Crippen molar-refractivity contribution in [2.24, 2.45) is 4.99 Å². The minimum Gasteiger partial charge on any atom is -0.444 e. The van der Waals surface area contributed by atoms with Crippen LogP contribution in [0.1, 0.15) is 27.2 Å². The molecular weight excluding hydrogens is 246 g/mol. The van der Waals surface area contributed by atoms with E-state index in [4.69, 9.17) is 9.47 Å². The highest BCUT2D eigenvalue weighted by Gasteiger charge is 2.24. The summed E-state index contributed by atoms with van der Waals surface area (Å²) in [5.41, 5.74) is -0.461. The highest BCUT2D eigenvalue weighted by molar-refractivity contribution is 5.87. The molecule has 1 heterocycles. The average Bonchev–Trinajstić information content (AvgIpc) is 2.33. The lowest BCUT2D eigenvalue weighted by atomic mass is 10.2. The fourth-order valence-corrected chi connectivity index (χ4v) is 1.66. The van der Waals surface area contributed by atoms with E-state index in [-0.39, 0.29) is 6.09 Å². The lowest BCUT2D eigenvalue weighted by Gasteiger charge is -2.29. The molecule has 1 aliphatic rings. The molecule has 0 spiro atoms. The minimum atomic E-state index is -0.461. The summed E-state index contributed by atoms with van der Waals surface area (Å²) in [6.07, 6.45) is 0.640. The van der Waals surface area contributed by atoms with Gasteiger partial charge in [-0.2, -0.15) is 0 Å². The van der Waals surface area contributed by atoms with Crippen LogP contribution in [0.4, 0.5) is 4.79 Å². The maximum atomic E-state index is 11.9. The fraction of sp³-hybridized carbons (Fsp3) is 0.846. The maximum absolute atomic E-state index is 11.9. The molecular formula is C13H25N3O3. The van der Waals surface area contributed by atoms with Crippen LogP contribution in [0, 0.1) is 0 Å². The van der Waals surface area contributed by atoms with E-state index in [0.29, 0.717) is 19.6 Å². The van der Waals surface area contributed by atoms with Crippen molar-refractivity contribution in [3.8, 4) is 0 Å². The first-order chi connectivity index (χ1) is 8.92. The van der Waals surface area contributed by atoms with Crippen molar-refractivity contribution < 1.29 is 14.3 Å². The molecule has 0 atom stereocenters. The fourth-order valence-electron chi connectivity index (χ4n) is 1.66. The van der Waals surface area contributed by atoms with Crippen LogP contribution >= 0.6 is 0 Å². The van der Waals surface area contributed by atoms with Crippen molar-refractivity contribution in [1.29, 1.82) is 0 Å². The van der Waals surface area contributed by atoms with Crippen LogP contribution in [0.25, 0.3) is 0 Å². The molecule has 0 aromatic heterocycles. The Balaban J connectivity index is 2.36. The standard InChI is InChI=1S/C13H25N3O3/c1-13(2,3)19-12(17)16-8-7-15-11(10-16)14-6-5-9-18-4/h5-10H2,1-4H3,(H,14,15). The van der Waals surface area contributed by atoms with Crippen molar-refractivity contribution in [1.82, 2.24) is 10.2 Å². The number of ether oxygens (including phenoxy) is 2. The van der Waals surface area contributed by atoms with Crippen LogP contribution in [0.15, 0.2) is 4.99 Å². The molecule has 0 unspecified atom stereocenters. The molecule has 0 radical (unpaired) electrons. The monoisotopic (exact) mass is 271 g/mol. The largest absolute Gasteiger partial charge is 0.444 e. The summed E-state index contributed by atoms with van der Waals surface area (Å²) >= 11 is 0. The first-order valence-electron chi connectivity index (χ1n) is 6.66. The van der Waals surface area contributed by atoms with Gasteiger partial charge in [-0.25, -0.2) is 4.79 Å². The Morgan fingerprint density at radius 1 is 1.47 bits per heavy atom. The maximum Gasteiger partial charge on any atom is 0.410 e. The number of nitrogens with one attached hydrogen (secondary N) is 1. The molecule has 1 rings (SSSR count). The second-order valence-electron chi connectivity index (χ2n) is 5.50. The van der Waals surface area contributed by atoms with Crippen molar-refractivity contribution in [2.75, 3.05) is 39.9 Å². The predicted octanol–water partition coefficient (Wildman–Crippen LogP) is 1.26. The molecule has 0 saturated heterocycles. The number of hydrogen-bond donors (Lipinski definition) is 1. The summed E-state index contributed by atoms with van der Waals surface area (Å²) in [5.74, 6) is 0.841. The van der Waals surface area contributed by atoms with E-state index in [1.54, 1.807) is 12.0 Å². The van der Waals surface area contributed by atoms with Gasteiger partial charge in [0, 0.05) is 26.8 Å². The summed E-state index contributed by atoms with van der Waals surface area (Å²) in [4.78, 5) is 18.0. The Morgan fingerprint density at radius 2 is 2.21 bits per heavy atom. The van der Waals surface area contributed by atoms with Crippen LogP contribution in [-0.2, 0) is 9.47 Å². The van der Waals surface area contributed by atoms with Gasteiger partial charge in [0.1, 0.15) is 11.4 Å². The van der Waals surface area contributed by atoms with Crippen LogP contribution in [0.2, 0.25) is 0 Å². The van der Waals surface area contributed by atoms with Gasteiger partial charge in [0.15, 0.2) is 0 Å². The number of hydrogen-bond acceptors (Lipinski definition) is 5. The predicted molar refractivity (Wildman–Crippen MR) is 74.6 cm³/mol. The van der Waals surface area contributed by atoms with Gasteiger partial charge in [-0.1, -0.05) is 0 Å². The van der Waals surface area contributed by atoms with E-state index in [1.807, 2.05) is 20.8 Å². The second kappa shape index (κ2) is 7.33. The van der Waals surface area contributed by atoms with E-state index < -0.39 is 5.60 Å². The molecule has 6 heteroatoms. The topological polar surface area (TPSA) is 63.2 Å². The van der Waals surface area contributed by atoms with E-state index in [9.17, 15) is 4.79 Å². The summed E-state index contributed by atoms with van der Waals surface area (Å²) in [6, 6.07) is 0. The van der Waals surface area contributed by atoms with Crippen molar-refractivity contribution in [3.05, 3.63) is 0 Å². The third-order valence-corrected chi connectivity index (χ3v) is 2.52. The molecule has 1 N–H and O–H groups in total. The SMILES string of the molecule is COCCCNC1=NCCN(C(=O)OC(C)(C)C)C1. The Labute approximate surface area is 115 Å². The third kappa shape index (κ3) is 6.42. The van der Waals surface area contributed by atoms with Gasteiger partial charge < -0.3 is 14.8 Å². The number of amidine groups is 1. The third-order valence-electron chi connectivity index (χ3n) is 2.52. The van der Waals surface area contributed by atoms with Crippen LogP contribution in [0.5, 0.6) is 0 Å². The Bertz CT molecular complexity index is 324. The second-order valence-corrected chi connectivity index (χ2v) is 5.50. The molecule has 0 fully saturated rings. The quantitative estimate of drug-likeness (QED) is 0.782. The van der Waals surface area contributed by atoms with Crippen LogP contribution in [-0.4, -0.2) is 62.3 Å². The Kier molecular flexibility index (Phi) is 6.08. The molecule has 0 aromatic rings. The Morgan fingerprint density at radius 3 is 2.84 bits per heavy atom. The van der Waals surface area contributed by atoms with Crippen molar-refractivity contribution in [2.45, 2.75) is 32.8 Å². The number of nitrogens with zero attached hydrogens (tertiary/aromatic N) is 2. The molecule has 0 aromatic carbocycles. The lowest BCUT2D eigenvalue weighted by Crippen LogP contribution is -2.47. The van der Waals surface area contributed by atoms with Gasteiger partial charge in [-0.15, -0.1) is 0 Å². The van der Waals surface area contributed by atoms with Gasteiger partial charge in [0.25, 0.3) is 0 Å². The number of rotatable bonds is 4. The molecule has 0 bridgehead atoms. The smallest absolute Gasteiger partial charge is 0.410 e. The zero-order valence-corrected chi connectivity index (χ0v) is 12.4. The van der Waals surface area contributed by atoms with Gasteiger partial charge in [-0.05, 0) is 27.2 Å². The summed E-state index contributed by atoms with van der Waals surface area (Å²) in [5, 5.41) is 3.22. The number of aliphatic imine (C=N–C) groups is 1. The van der Waals surface area contributed by atoms with Gasteiger partial charge >= 0.3 is 6.09 Å². The molecule has 6 nitrogen and oxygen atoms in total. The lowest BCUT2D eigenvalue weighted by molar-refractivity contribution is 0.0276. The first kappa shape index (κ1) is 15.8. The number of carbonyl (C=O) groups is 1. The van der Waals surface area contributed by atoms with Crippen LogP contribution < -0.4 is 5.32 Å². The number of methoxy groups -OCH3 is 1. The molecule has 0 saturated carbocycles. The van der Waals surface area contributed by atoms with Gasteiger partial charge in [0.2, 0.25) is 0 Å². The van der Waals surface area contributed by atoms with Crippen molar-refractivity contribution >= 4 is 11.9 Å². The summed E-state index contributed by atoms with van der Waals surface area (Å²) in [6.45, 7) is 8.84. The molecule has 110 valence electrons. The van der Waals surface area contributed by atoms with Crippen LogP contribution in [0.3, 0.4) is 0 Å². The molecule has 1 aliphatic heterocycles. The highest BCUT2D eigenvalue weighted by atomic mass is 16.6. The normalized spacial score (nSPS) is 16.0. The summed E-state index contributed by atoms with van der Waals surface area (Å²) in [7, 11) is 1.68. The highest BCUT2D eigenvalue weighted by Crippen LogP contribution is 2.10. The van der Waals surface area contributed by atoms with Gasteiger partial charge in [0.05, 0.1) is 13.1 Å². The van der Waals surface area contributed by atoms with E-state index in [0.717, 1.165) is 25.4 Å². The first-order valence-corrected chi connectivity index (χ1v) is 6.66. The zero-order chi connectivity index (χ0) is 14.3. The molecule has 0 aliphatic carbocycles. The van der Waals surface area contributed by atoms with E-state index >= 15 is 0 Å². The average molecular weight is 271 g/mol. The minimum absolute atomic E-state index is 0.279. The van der Waals surface area contributed by atoms with Gasteiger partial charge in [-0.3, -0.25) is 9.89 Å². The number of amides is 1. The van der Waals surface area contributed by atoms with E-state index in [2.05, 4.69) is 10.3 Å².